The molecule has 3 heterocycles. The second kappa shape index (κ2) is 4.72. The molecule has 6 heteroatoms. The first-order valence-corrected chi connectivity index (χ1v) is 7.11. The van der Waals surface area contributed by atoms with Gasteiger partial charge in [0, 0.05) is 23.6 Å². The predicted octanol–water partition coefficient (Wildman–Crippen LogP) is 2.73. The second-order valence-corrected chi connectivity index (χ2v) is 5.40. The summed E-state index contributed by atoms with van der Waals surface area (Å²) in [7, 11) is 0. The van der Waals surface area contributed by atoms with E-state index in [1.54, 1.807) is 6.20 Å². The number of ether oxygens (including phenoxy) is 1. The number of nitrogens with zero attached hydrogens (tertiary/aromatic N) is 3. The van der Waals surface area contributed by atoms with Crippen LogP contribution < -0.4 is 5.73 Å². The Labute approximate surface area is 126 Å². The van der Waals surface area contributed by atoms with Gasteiger partial charge in [0.15, 0.2) is 5.82 Å². The van der Waals surface area contributed by atoms with Crippen molar-refractivity contribution in [2.75, 3.05) is 12.3 Å². The lowest BCUT2D eigenvalue weighted by atomic mass is 10.1. The van der Waals surface area contributed by atoms with Gasteiger partial charge in [-0.25, -0.2) is 4.68 Å². The van der Waals surface area contributed by atoms with Gasteiger partial charge in [0.25, 0.3) is 0 Å². The number of aromatic nitrogens is 3. The monoisotopic (exact) mass is 300 g/mol. The number of hydrogen-bond donors (Lipinski definition) is 1. The number of nitrogens with two attached hydrogens (primary N) is 1. The van der Waals surface area contributed by atoms with Crippen LogP contribution >= 0.6 is 11.6 Å². The third kappa shape index (κ3) is 1.89. The Morgan fingerprint density at radius 1 is 1.29 bits per heavy atom. The molecule has 0 saturated heterocycles. The average Bonchev–Trinajstić information content (AvgIpc) is 2.86. The summed E-state index contributed by atoms with van der Waals surface area (Å²) in [4.78, 5) is 4.46. The Hall–Kier alpha value is -2.11. The molecule has 1 aliphatic rings. The summed E-state index contributed by atoms with van der Waals surface area (Å²) in [6.07, 6.45) is 2.54. The zero-order valence-electron chi connectivity index (χ0n) is 11.2. The zero-order chi connectivity index (χ0) is 14.4. The zero-order valence-corrected chi connectivity index (χ0v) is 12.0. The number of anilines is 1. The van der Waals surface area contributed by atoms with E-state index in [4.69, 9.17) is 22.1 Å². The standard InChI is InChI=1S/C15H13ClN4O/c16-11-3-4-13(14-9(11)2-1-6-18-14)20-12-5-7-21-8-10(12)15(17)19-20/h1-4,6H,5,7-8H2,(H2,17,19). The first-order valence-electron chi connectivity index (χ1n) is 6.73. The molecule has 2 aromatic heterocycles. The third-order valence-corrected chi connectivity index (χ3v) is 4.10. The number of nitrogen functional groups attached to an aromatic ring is 1. The molecule has 0 unspecified atom stereocenters. The predicted molar refractivity (Wildman–Crippen MR) is 81.6 cm³/mol. The van der Waals surface area contributed by atoms with Crippen LogP contribution in [0.3, 0.4) is 0 Å². The van der Waals surface area contributed by atoms with Gasteiger partial charge in [-0.05, 0) is 24.3 Å². The molecule has 0 spiro atoms. The summed E-state index contributed by atoms with van der Waals surface area (Å²) in [5.41, 5.74) is 9.79. The molecule has 0 saturated carbocycles. The number of pyridine rings is 1. The van der Waals surface area contributed by atoms with Crippen LogP contribution in [0.2, 0.25) is 5.02 Å². The van der Waals surface area contributed by atoms with Gasteiger partial charge in [-0.15, -0.1) is 5.10 Å². The summed E-state index contributed by atoms with van der Waals surface area (Å²) in [5.74, 6) is 0.517. The lowest BCUT2D eigenvalue weighted by Crippen LogP contribution is -2.13. The normalized spacial score (nSPS) is 14.3. The minimum atomic E-state index is 0.514. The molecule has 0 bridgehead atoms. The Balaban J connectivity index is 2.02. The van der Waals surface area contributed by atoms with Gasteiger partial charge >= 0.3 is 0 Å². The molecule has 1 aromatic carbocycles. The van der Waals surface area contributed by atoms with Gasteiger partial charge in [-0.3, -0.25) is 4.98 Å². The van der Waals surface area contributed by atoms with Crippen molar-refractivity contribution in [1.82, 2.24) is 14.8 Å². The first kappa shape index (κ1) is 12.6. The molecule has 1 aliphatic heterocycles. The summed E-state index contributed by atoms with van der Waals surface area (Å²) in [6, 6.07) is 7.62. The van der Waals surface area contributed by atoms with Crippen LogP contribution in [0.15, 0.2) is 30.5 Å². The fourth-order valence-corrected chi connectivity index (χ4v) is 2.97. The molecule has 2 N–H and O–H groups in total. The number of benzene rings is 1. The largest absolute Gasteiger partial charge is 0.382 e. The number of rotatable bonds is 1. The van der Waals surface area contributed by atoms with Gasteiger partial charge in [0.1, 0.15) is 0 Å². The van der Waals surface area contributed by atoms with Crippen molar-refractivity contribution < 1.29 is 4.74 Å². The fourth-order valence-electron chi connectivity index (χ4n) is 2.75. The molecule has 5 nitrogen and oxygen atoms in total. The van der Waals surface area contributed by atoms with Crippen LogP contribution in [0.4, 0.5) is 5.82 Å². The van der Waals surface area contributed by atoms with Crippen molar-refractivity contribution in [3.8, 4) is 5.69 Å². The SMILES string of the molecule is Nc1nn(-c2ccc(Cl)c3cccnc23)c2c1COCC2. The van der Waals surface area contributed by atoms with Crippen molar-refractivity contribution in [3.05, 3.63) is 46.7 Å². The molecular weight excluding hydrogens is 288 g/mol. The van der Waals surface area contributed by atoms with Crippen LogP contribution in [-0.2, 0) is 17.8 Å². The molecular formula is C15H13ClN4O. The molecule has 0 fully saturated rings. The first-order chi connectivity index (χ1) is 10.3. The van der Waals surface area contributed by atoms with Crippen molar-refractivity contribution in [1.29, 1.82) is 0 Å². The minimum Gasteiger partial charge on any atom is -0.382 e. The van der Waals surface area contributed by atoms with Crippen molar-refractivity contribution in [2.24, 2.45) is 0 Å². The molecule has 0 atom stereocenters. The van der Waals surface area contributed by atoms with E-state index in [2.05, 4.69) is 10.1 Å². The second-order valence-electron chi connectivity index (χ2n) is 4.99. The van der Waals surface area contributed by atoms with Crippen molar-refractivity contribution in [3.63, 3.8) is 0 Å². The molecule has 21 heavy (non-hydrogen) atoms. The molecule has 106 valence electrons. The number of fused-ring (bicyclic) bond motifs is 2. The van der Waals surface area contributed by atoms with Crippen LogP contribution in [0, 0.1) is 0 Å². The molecule has 0 radical (unpaired) electrons. The van der Waals surface area contributed by atoms with E-state index >= 15 is 0 Å². The highest BCUT2D eigenvalue weighted by molar-refractivity contribution is 6.35. The highest BCUT2D eigenvalue weighted by Crippen LogP contribution is 2.31. The van der Waals surface area contributed by atoms with E-state index in [1.165, 1.54) is 0 Å². The summed E-state index contributed by atoms with van der Waals surface area (Å²) in [6.45, 7) is 1.19. The maximum absolute atomic E-state index is 6.25. The summed E-state index contributed by atoms with van der Waals surface area (Å²) < 4.78 is 7.34. The number of hydrogen-bond acceptors (Lipinski definition) is 4. The quantitative estimate of drug-likeness (QED) is 0.750. The van der Waals surface area contributed by atoms with E-state index in [-0.39, 0.29) is 0 Å². The van der Waals surface area contributed by atoms with Gasteiger partial charge < -0.3 is 10.5 Å². The molecule has 0 aliphatic carbocycles. The van der Waals surface area contributed by atoms with E-state index in [0.29, 0.717) is 24.1 Å². The number of halogens is 1. The van der Waals surface area contributed by atoms with Gasteiger partial charge in [-0.2, -0.15) is 0 Å². The van der Waals surface area contributed by atoms with E-state index in [0.717, 1.165) is 34.3 Å². The van der Waals surface area contributed by atoms with Crippen LogP contribution in [0.1, 0.15) is 11.3 Å². The summed E-state index contributed by atoms with van der Waals surface area (Å²) in [5, 5.41) is 6.06. The maximum Gasteiger partial charge on any atom is 0.151 e. The van der Waals surface area contributed by atoms with E-state index in [1.807, 2.05) is 28.9 Å². The van der Waals surface area contributed by atoms with E-state index < -0.39 is 0 Å². The van der Waals surface area contributed by atoms with Gasteiger partial charge in [-0.1, -0.05) is 11.6 Å². The Bertz CT molecular complexity index is 843. The highest BCUT2D eigenvalue weighted by atomic mass is 35.5. The molecule has 3 aromatic rings. The summed E-state index contributed by atoms with van der Waals surface area (Å²) >= 11 is 6.25. The van der Waals surface area contributed by atoms with Crippen molar-refractivity contribution in [2.45, 2.75) is 13.0 Å². The van der Waals surface area contributed by atoms with Crippen LogP contribution in [-0.4, -0.2) is 21.4 Å². The minimum absolute atomic E-state index is 0.514. The smallest absolute Gasteiger partial charge is 0.151 e. The lowest BCUT2D eigenvalue weighted by Gasteiger charge is -2.15. The maximum atomic E-state index is 6.25. The Kier molecular flexibility index (Phi) is 2.83. The average molecular weight is 301 g/mol. The van der Waals surface area contributed by atoms with Crippen LogP contribution in [0.25, 0.3) is 16.6 Å². The topological polar surface area (TPSA) is 66.0 Å². The van der Waals surface area contributed by atoms with E-state index in [9.17, 15) is 0 Å². The lowest BCUT2D eigenvalue weighted by molar-refractivity contribution is 0.110. The fraction of sp³-hybridized carbons (Fsp3) is 0.200. The van der Waals surface area contributed by atoms with Gasteiger partial charge in [0.05, 0.1) is 35.1 Å². The Morgan fingerprint density at radius 3 is 3.10 bits per heavy atom. The van der Waals surface area contributed by atoms with Crippen molar-refractivity contribution >= 4 is 28.3 Å². The van der Waals surface area contributed by atoms with Crippen LogP contribution in [0.5, 0.6) is 0 Å². The third-order valence-electron chi connectivity index (χ3n) is 3.77. The van der Waals surface area contributed by atoms with Gasteiger partial charge in [0.2, 0.25) is 0 Å². The molecule has 0 amide bonds. The highest BCUT2D eigenvalue weighted by Gasteiger charge is 2.22. The molecule has 4 rings (SSSR count). The Morgan fingerprint density at radius 2 is 2.19 bits per heavy atom.